The van der Waals surface area contributed by atoms with Gasteiger partial charge in [-0.05, 0) is 64.0 Å². The van der Waals surface area contributed by atoms with Crippen molar-refractivity contribution in [3.8, 4) is 61.7 Å². The molecule has 3 aromatic heterocycles. The highest BCUT2D eigenvalue weighted by molar-refractivity contribution is 6.18. The molecule has 0 aliphatic rings. The summed E-state index contributed by atoms with van der Waals surface area (Å²) in [4.78, 5) is 10.3. The molecule has 0 saturated heterocycles. The number of nitrogens with zero attached hydrogens (tertiary/aromatic N) is 4. The topological polar surface area (TPSA) is 43.6 Å². The zero-order chi connectivity index (χ0) is 37.7. The fourth-order valence-electron chi connectivity index (χ4n) is 8.15. The van der Waals surface area contributed by atoms with Crippen LogP contribution in [0.25, 0.3) is 105 Å². The van der Waals surface area contributed by atoms with Crippen molar-refractivity contribution in [2.45, 2.75) is 0 Å². The third-order valence-electron chi connectivity index (χ3n) is 11.0. The highest BCUT2D eigenvalue weighted by Crippen LogP contribution is 2.43. The van der Waals surface area contributed by atoms with Crippen LogP contribution in [-0.2, 0) is 0 Å². The van der Waals surface area contributed by atoms with Crippen LogP contribution in [0.3, 0.4) is 0 Å². The first-order valence-electron chi connectivity index (χ1n) is 19.3. The van der Waals surface area contributed by atoms with Crippen LogP contribution in [0.15, 0.2) is 206 Å². The van der Waals surface area contributed by atoms with E-state index < -0.39 is 0 Å². The average Bonchev–Trinajstić information content (AvgIpc) is 3.71. The number of aromatic nitrogens is 4. The van der Waals surface area contributed by atoms with Gasteiger partial charge in [-0.3, -0.25) is 0 Å². The number of rotatable bonds is 6. The van der Waals surface area contributed by atoms with Crippen molar-refractivity contribution in [1.82, 2.24) is 19.7 Å². The normalized spacial score (nSPS) is 11.5. The molecule has 11 rings (SSSR count). The summed E-state index contributed by atoms with van der Waals surface area (Å²) in [5, 5.41) is 11.0. The van der Waals surface area contributed by atoms with Gasteiger partial charge in [0, 0.05) is 38.2 Å². The van der Waals surface area contributed by atoms with Crippen molar-refractivity contribution >= 4 is 43.5 Å². The van der Waals surface area contributed by atoms with E-state index in [1.165, 1.54) is 5.56 Å². The number of para-hydroxylation sites is 1. The molecule has 3 heterocycles. The molecule has 0 saturated carbocycles. The summed E-state index contributed by atoms with van der Waals surface area (Å²) in [6.45, 7) is 0. The quantitative estimate of drug-likeness (QED) is 0.160. The Morgan fingerprint density at radius 1 is 0.351 bits per heavy atom. The zero-order valence-corrected chi connectivity index (χ0v) is 30.9. The van der Waals surface area contributed by atoms with Crippen molar-refractivity contribution in [3.63, 3.8) is 0 Å². The van der Waals surface area contributed by atoms with Crippen LogP contribution in [0.5, 0.6) is 0 Å². The number of hydrogen-bond donors (Lipinski definition) is 0. The smallest absolute Gasteiger partial charge is 0.101 e. The summed E-state index contributed by atoms with van der Waals surface area (Å²) in [5.74, 6) is 0. The van der Waals surface area contributed by atoms with Gasteiger partial charge in [-0.2, -0.15) is 5.10 Å². The van der Waals surface area contributed by atoms with Gasteiger partial charge in [0.2, 0.25) is 0 Å². The molecule has 57 heavy (non-hydrogen) atoms. The van der Waals surface area contributed by atoms with E-state index in [1.54, 1.807) is 0 Å². The molecular formula is C53H34N4. The lowest BCUT2D eigenvalue weighted by Crippen LogP contribution is -1.97. The molecule has 0 bridgehead atoms. The van der Waals surface area contributed by atoms with Gasteiger partial charge in [0.05, 0.1) is 33.6 Å². The Labute approximate surface area is 330 Å². The molecule has 4 heteroatoms. The Morgan fingerprint density at radius 3 is 1.44 bits per heavy atom. The maximum Gasteiger partial charge on any atom is 0.101 e. The standard InChI is InChI=1S/C53H34N4/c1-5-13-36(14-6-1)45-34-43-28-27-42(33-46(43)53-49(45)50(39-17-9-3-10-18-39)56-57(53)44-19-11-4-12-20-44)35-21-23-38(24-22-35)48-32-30-41-26-25-40-29-31-47(37-15-7-2-8-16-37)54-51(40)52(41)55-48/h1-34H. The first-order chi connectivity index (χ1) is 28.2. The van der Waals surface area contributed by atoms with Gasteiger partial charge in [0.25, 0.3) is 0 Å². The molecule has 0 unspecified atom stereocenters. The minimum absolute atomic E-state index is 0.908. The van der Waals surface area contributed by atoms with Gasteiger partial charge in [-0.15, -0.1) is 0 Å². The summed E-state index contributed by atoms with van der Waals surface area (Å²) < 4.78 is 2.13. The highest BCUT2D eigenvalue weighted by atomic mass is 15.3. The van der Waals surface area contributed by atoms with Gasteiger partial charge < -0.3 is 0 Å². The van der Waals surface area contributed by atoms with Gasteiger partial charge in [0.15, 0.2) is 0 Å². The number of benzene rings is 8. The summed E-state index contributed by atoms with van der Waals surface area (Å²) in [6, 6.07) is 72.6. The van der Waals surface area contributed by atoms with E-state index in [4.69, 9.17) is 15.1 Å². The lowest BCUT2D eigenvalue weighted by Gasteiger charge is -2.13. The molecule has 0 aliphatic heterocycles. The molecule has 0 atom stereocenters. The van der Waals surface area contributed by atoms with Gasteiger partial charge >= 0.3 is 0 Å². The third kappa shape index (κ3) is 5.74. The molecule has 0 fully saturated rings. The van der Waals surface area contributed by atoms with E-state index in [1.807, 2.05) is 18.2 Å². The first kappa shape index (κ1) is 32.7. The highest BCUT2D eigenvalue weighted by Gasteiger charge is 2.21. The van der Waals surface area contributed by atoms with Crippen LogP contribution >= 0.6 is 0 Å². The van der Waals surface area contributed by atoms with Crippen LogP contribution in [0.4, 0.5) is 0 Å². The van der Waals surface area contributed by atoms with Crippen molar-refractivity contribution < 1.29 is 0 Å². The van der Waals surface area contributed by atoms with Crippen LogP contribution in [0.1, 0.15) is 0 Å². The molecule has 0 spiro atoms. The van der Waals surface area contributed by atoms with Gasteiger partial charge in [-0.1, -0.05) is 170 Å². The van der Waals surface area contributed by atoms with Crippen LogP contribution in [0.2, 0.25) is 0 Å². The summed E-state index contributed by atoms with van der Waals surface area (Å²) in [5.41, 5.74) is 14.6. The second kappa shape index (κ2) is 13.6. The molecule has 4 nitrogen and oxygen atoms in total. The lowest BCUT2D eigenvalue weighted by molar-refractivity contribution is 0.918. The fourth-order valence-corrected chi connectivity index (χ4v) is 8.15. The van der Waals surface area contributed by atoms with E-state index in [2.05, 4.69) is 193 Å². The first-order valence-corrected chi connectivity index (χ1v) is 19.3. The number of pyridine rings is 2. The Hall–Kier alpha value is -7.69. The molecule has 0 amide bonds. The van der Waals surface area contributed by atoms with E-state index >= 15 is 0 Å². The Kier molecular flexibility index (Phi) is 7.78. The predicted molar refractivity (Wildman–Crippen MR) is 236 cm³/mol. The largest absolute Gasteiger partial charge is 0.245 e. The molecule has 0 aliphatic carbocycles. The van der Waals surface area contributed by atoms with Crippen molar-refractivity contribution in [2.24, 2.45) is 0 Å². The van der Waals surface area contributed by atoms with Crippen LogP contribution in [0, 0.1) is 0 Å². The second-order valence-corrected chi connectivity index (χ2v) is 14.5. The van der Waals surface area contributed by atoms with Crippen molar-refractivity contribution in [2.75, 3.05) is 0 Å². The monoisotopic (exact) mass is 726 g/mol. The van der Waals surface area contributed by atoms with Crippen molar-refractivity contribution in [3.05, 3.63) is 206 Å². The molecule has 8 aromatic carbocycles. The SMILES string of the molecule is c1ccc(-c2ccc3ccc4ccc(-c5ccc(-c6ccc7cc(-c8ccccc8)c8c(-c9ccccc9)nn(-c9ccccc9)c8c7c6)cc5)nc4c3n2)cc1. The van der Waals surface area contributed by atoms with Crippen molar-refractivity contribution in [1.29, 1.82) is 0 Å². The minimum atomic E-state index is 0.908. The average molecular weight is 727 g/mol. The van der Waals surface area contributed by atoms with E-state index in [0.717, 1.165) is 99.6 Å². The van der Waals surface area contributed by atoms with Crippen LogP contribution < -0.4 is 0 Å². The predicted octanol–water partition coefficient (Wildman–Crippen LogP) is 13.6. The lowest BCUT2D eigenvalue weighted by atomic mass is 9.92. The Bertz CT molecular complexity index is 3250. The molecule has 11 aromatic rings. The van der Waals surface area contributed by atoms with E-state index in [9.17, 15) is 0 Å². The fraction of sp³-hybridized carbons (Fsp3) is 0. The van der Waals surface area contributed by atoms with E-state index in [0.29, 0.717) is 0 Å². The molecule has 0 radical (unpaired) electrons. The van der Waals surface area contributed by atoms with E-state index in [-0.39, 0.29) is 0 Å². The molecular weight excluding hydrogens is 693 g/mol. The molecule has 266 valence electrons. The summed E-state index contributed by atoms with van der Waals surface area (Å²) in [6.07, 6.45) is 0. The third-order valence-corrected chi connectivity index (χ3v) is 11.0. The summed E-state index contributed by atoms with van der Waals surface area (Å²) >= 11 is 0. The molecule has 0 N–H and O–H groups in total. The van der Waals surface area contributed by atoms with Gasteiger partial charge in [0.1, 0.15) is 5.69 Å². The number of fused-ring (bicyclic) bond motifs is 6. The maximum atomic E-state index is 5.38. The Balaban J connectivity index is 1.05. The van der Waals surface area contributed by atoms with Gasteiger partial charge in [-0.25, -0.2) is 14.6 Å². The second-order valence-electron chi connectivity index (χ2n) is 14.5. The zero-order valence-electron chi connectivity index (χ0n) is 30.9. The Morgan fingerprint density at radius 2 is 0.825 bits per heavy atom. The summed E-state index contributed by atoms with van der Waals surface area (Å²) in [7, 11) is 0. The maximum absolute atomic E-state index is 5.38. The van der Waals surface area contributed by atoms with Crippen LogP contribution in [-0.4, -0.2) is 19.7 Å². The number of hydrogen-bond acceptors (Lipinski definition) is 3. The minimum Gasteiger partial charge on any atom is -0.245 e.